The van der Waals surface area contributed by atoms with E-state index in [-0.39, 0.29) is 11.2 Å². The van der Waals surface area contributed by atoms with Crippen LogP contribution in [0.5, 0.6) is 0 Å². The van der Waals surface area contributed by atoms with Gasteiger partial charge in [-0.2, -0.15) is 0 Å². The van der Waals surface area contributed by atoms with E-state index in [0.29, 0.717) is 0 Å². The molecule has 4 aromatic rings. The number of alkyl halides is 1. The molecule has 0 bridgehead atoms. The Bertz CT molecular complexity index is 1240. The number of rotatable bonds is 6. The number of carbonyl (C=O) groups excluding carboxylic acids is 2. The minimum Gasteiger partial charge on any atom is -0.468 e. The van der Waals surface area contributed by atoms with Crippen molar-refractivity contribution in [3.8, 4) is 0 Å². The van der Waals surface area contributed by atoms with E-state index in [1.165, 1.54) is 37.1 Å². The van der Waals surface area contributed by atoms with Gasteiger partial charge in [0.1, 0.15) is 5.25 Å². The van der Waals surface area contributed by atoms with Crippen LogP contribution in [0.25, 0.3) is 0 Å². The summed E-state index contributed by atoms with van der Waals surface area (Å²) in [4.78, 5) is 25.0. The Hall–Kier alpha value is -3.19. The lowest BCUT2D eigenvalue weighted by molar-refractivity contribution is -0.141. The number of carbonyl (C=O) groups is 2. The van der Waals surface area contributed by atoms with E-state index in [0.717, 1.165) is 20.9 Å². The van der Waals surface area contributed by atoms with Crippen molar-refractivity contribution in [3.05, 3.63) is 131 Å². The van der Waals surface area contributed by atoms with Gasteiger partial charge in [-0.1, -0.05) is 96.1 Å². The van der Waals surface area contributed by atoms with E-state index in [4.69, 9.17) is 16.3 Å². The maximum absolute atomic E-state index is 11.9. The zero-order valence-corrected chi connectivity index (χ0v) is 24.9. The van der Waals surface area contributed by atoms with Crippen molar-refractivity contribution in [2.24, 2.45) is 0 Å². The average molecular weight is 581 g/mol. The van der Waals surface area contributed by atoms with Gasteiger partial charge >= 0.3 is 11.9 Å². The van der Waals surface area contributed by atoms with E-state index in [1.807, 2.05) is 104 Å². The molecule has 0 radical (unpaired) electrons. The zero-order valence-electron chi connectivity index (χ0n) is 22.4. The summed E-state index contributed by atoms with van der Waals surface area (Å²) in [5.74, 6) is -0.653. The van der Waals surface area contributed by atoms with Crippen LogP contribution in [0.1, 0.15) is 32.9 Å². The lowest BCUT2D eigenvalue weighted by Crippen LogP contribution is -2.10. The van der Waals surface area contributed by atoms with Crippen molar-refractivity contribution in [2.45, 2.75) is 34.3 Å². The predicted octanol–water partition coefficient (Wildman–Crippen LogP) is 8.42. The number of hydrogen-bond donors (Lipinski definition) is 1. The molecule has 2 unspecified atom stereocenters. The molecular formula is C32H33ClO4S2. The van der Waals surface area contributed by atoms with Gasteiger partial charge in [0, 0.05) is 9.79 Å². The molecule has 2 atom stereocenters. The molecular weight excluding hydrogens is 548 g/mol. The Kier molecular flexibility index (Phi) is 14.3. The molecule has 0 aliphatic carbocycles. The minimum absolute atomic E-state index is 0.225. The highest BCUT2D eigenvalue weighted by Crippen LogP contribution is 2.36. The molecule has 0 aliphatic heterocycles. The number of aryl methyl sites for hydroxylation is 2. The highest BCUT2D eigenvalue weighted by molar-refractivity contribution is 8.00. The Morgan fingerprint density at radius 3 is 1.54 bits per heavy atom. The monoisotopic (exact) mass is 580 g/mol. The molecule has 0 heterocycles. The number of ether oxygens (including phenoxy) is 2. The molecule has 204 valence electrons. The van der Waals surface area contributed by atoms with Crippen LogP contribution in [0.3, 0.4) is 0 Å². The van der Waals surface area contributed by atoms with Crippen molar-refractivity contribution in [1.29, 1.82) is 0 Å². The summed E-state index contributed by atoms with van der Waals surface area (Å²) in [5, 5.41) is -1.02. The fraction of sp³-hybridized carbons (Fsp3) is 0.188. The van der Waals surface area contributed by atoms with Gasteiger partial charge in [0.2, 0.25) is 0 Å². The smallest absolute Gasteiger partial charge is 0.328 e. The van der Waals surface area contributed by atoms with Gasteiger partial charge < -0.3 is 9.47 Å². The Morgan fingerprint density at radius 1 is 0.667 bits per heavy atom. The lowest BCUT2D eigenvalue weighted by Gasteiger charge is -2.14. The van der Waals surface area contributed by atoms with Gasteiger partial charge in [0.15, 0.2) is 5.38 Å². The fourth-order valence-corrected chi connectivity index (χ4v) is 4.58. The van der Waals surface area contributed by atoms with Crippen LogP contribution in [0, 0.1) is 13.8 Å². The first-order valence-electron chi connectivity index (χ1n) is 12.1. The normalized spacial score (nSPS) is 11.4. The van der Waals surface area contributed by atoms with Crippen LogP contribution in [0.4, 0.5) is 0 Å². The number of benzene rings is 4. The number of esters is 2. The third kappa shape index (κ3) is 11.6. The molecule has 0 fully saturated rings. The molecule has 0 spiro atoms. The molecule has 39 heavy (non-hydrogen) atoms. The standard InChI is InChI=1S/C16H16O2S.C9H9ClO2.C7H8S/c1-12-8-10-14(11-9-12)19-15(16(17)18-2)13-6-4-3-5-7-13;1-12-9(11)8(10)7-5-3-2-4-6-7;1-6-2-4-7(8)5-3-6/h3-11,15H,1-2H3;2-6,8H,1H3;2-5,8H,1H3. The first kappa shape index (κ1) is 32.0. The van der Waals surface area contributed by atoms with E-state index in [9.17, 15) is 9.59 Å². The van der Waals surface area contributed by atoms with Crippen LogP contribution in [0.2, 0.25) is 0 Å². The number of halogens is 1. The molecule has 0 amide bonds. The van der Waals surface area contributed by atoms with Gasteiger partial charge in [-0.15, -0.1) is 36.0 Å². The van der Waals surface area contributed by atoms with Crippen LogP contribution >= 0.6 is 36.0 Å². The molecule has 0 aliphatic rings. The quantitative estimate of drug-likeness (QED) is 0.107. The summed E-state index contributed by atoms with van der Waals surface area (Å²) >= 11 is 11.4. The van der Waals surface area contributed by atoms with Crippen molar-refractivity contribution in [2.75, 3.05) is 14.2 Å². The van der Waals surface area contributed by atoms with Gasteiger partial charge in [-0.05, 0) is 49.2 Å². The van der Waals surface area contributed by atoms with Crippen molar-refractivity contribution < 1.29 is 19.1 Å². The SMILES string of the molecule is COC(=O)C(Cl)c1ccccc1.COC(=O)C(Sc1ccc(C)cc1)c1ccccc1.Cc1ccc(S)cc1. The molecule has 4 aromatic carbocycles. The summed E-state index contributed by atoms with van der Waals surface area (Å²) in [6, 6.07) is 35.0. The summed E-state index contributed by atoms with van der Waals surface area (Å²) in [5.41, 5.74) is 4.20. The first-order valence-corrected chi connectivity index (χ1v) is 13.9. The van der Waals surface area contributed by atoms with Crippen LogP contribution < -0.4 is 0 Å². The fourth-order valence-electron chi connectivity index (χ4n) is 3.15. The topological polar surface area (TPSA) is 52.6 Å². The molecule has 0 saturated carbocycles. The molecule has 0 saturated heterocycles. The second kappa shape index (κ2) is 17.4. The van der Waals surface area contributed by atoms with Gasteiger partial charge in [0.05, 0.1) is 14.2 Å². The predicted molar refractivity (Wildman–Crippen MR) is 164 cm³/mol. The highest BCUT2D eigenvalue weighted by atomic mass is 35.5. The minimum atomic E-state index is -0.698. The lowest BCUT2D eigenvalue weighted by atomic mass is 10.1. The van der Waals surface area contributed by atoms with Crippen LogP contribution in [0.15, 0.2) is 119 Å². The molecule has 7 heteroatoms. The first-order chi connectivity index (χ1) is 18.7. The number of thioether (sulfide) groups is 1. The van der Waals surface area contributed by atoms with Crippen molar-refractivity contribution in [1.82, 2.24) is 0 Å². The highest BCUT2D eigenvalue weighted by Gasteiger charge is 2.22. The molecule has 0 aromatic heterocycles. The molecule has 0 N–H and O–H groups in total. The molecule has 4 rings (SSSR count). The summed E-state index contributed by atoms with van der Waals surface area (Å²) in [6.45, 7) is 4.11. The van der Waals surface area contributed by atoms with Crippen molar-refractivity contribution in [3.63, 3.8) is 0 Å². The Balaban J connectivity index is 0.000000227. The molecule has 4 nitrogen and oxygen atoms in total. The second-order valence-corrected chi connectivity index (χ2v) is 10.5. The average Bonchev–Trinajstić information content (AvgIpc) is 2.98. The van der Waals surface area contributed by atoms with E-state index >= 15 is 0 Å². The van der Waals surface area contributed by atoms with Crippen LogP contribution in [-0.4, -0.2) is 26.2 Å². The zero-order chi connectivity index (χ0) is 28.6. The second-order valence-electron chi connectivity index (χ2n) is 8.38. The maximum atomic E-state index is 11.9. The Labute approximate surface area is 246 Å². The Morgan fingerprint density at radius 2 is 1.10 bits per heavy atom. The third-order valence-corrected chi connectivity index (χ3v) is 7.30. The summed E-state index contributed by atoms with van der Waals surface area (Å²) in [7, 11) is 2.74. The number of methoxy groups -OCH3 is 2. The number of hydrogen-bond acceptors (Lipinski definition) is 6. The van der Waals surface area contributed by atoms with Crippen molar-refractivity contribution >= 4 is 47.9 Å². The van der Waals surface area contributed by atoms with E-state index in [1.54, 1.807) is 12.1 Å². The van der Waals surface area contributed by atoms with Gasteiger partial charge in [-0.25, -0.2) is 0 Å². The third-order valence-electron chi connectivity index (χ3n) is 5.33. The van der Waals surface area contributed by atoms with Gasteiger partial charge in [0.25, 0.3) is 0 Å². The van der Waals surface area contributed by atoms with Gasteiger partial charge in [-0.3, -0.25) is 9.59 Å². The van der Waals surface area contributed by atoms with E-state index < -0.39 is 11.3 Å². The summed E-state index contributed by atoms with van der Waals surface area (Å²) in [6.07, 6.45) is 0. The summed E-state index contributed by atoms with van der Waals surface area (Å²) < 4.78 is 9.40. The van der Waals surface area contributed by atoms with Crippen LogP contribution in [-0.2, 0) is 19.1 Å². The van der Waals surface area contributed by atoms with E-state index in [2.05, 4.69) is 24.3 Å². The largest absolute Gasteiger partial charge is 0.468 e. The maximum Gasteiger partial charge on any atom is 0.328 e. The number of thiol groups is 1.